The van der Waals surface area contributed by atoms with Crippen molar-refractivity contribution in [2.75, 3.05) is 19.7 Å². The summed E-state index contributed by atoms with van der Waals surface area (Å²) in [7, 11) is 0. The molecule has 1 saturated carbocycles. The molecule has 3 fully saturated rings. The number of hydrogen-bond acceptors (Lipinski definition) is 3. The van der Waals surface area contributed by atoms with Crippen molar-refractivity contribution in [3.63, 3.8) is 0 Å². The van der Waals surface area contributed by atoms with Gasteiger partial charge < -0.3 is 15.4 Å². The summed E-state index contributed by atoms with van der Waals surface area (Å²) in [6.07, 6.45) is 3.41. The van der Waals surface area contributed by atoms with Gasteiger partial charge in [-0.1, -0.05) is 27.7 Å². The molecule has 4 nitrogen and oxygen atoms in total. The fourth-order valence-corrected chi connectivity index (χ4v) is 5.10. The molecule has 128 valence electrons. The molecule has 0 radical (unpaired) electrons. The van der Waals surface area contributed by atoms with Crippen LogP contribution >= 0.6 is 12.4 Å². The average molecular weight is 331 g/mol. The van der Waals surface area contributed by atoms with Crippen molar-refractivity contribution in [1.82, 2.24) is 4.90 Å². The summed E-state index contributed by atoms with van der Waals surface area (Å²) >= 11 is 0. The number of rotatable bonds is 1. The Balaban J connectivity index is 0.00000176. The molecule has 0 aromatic rings. The number of nitrogens with zero attached hydrogens (tertiary/aromatic N) is 1. The lowest BCUT2D eigenvalue weighted by molar-refractivity contribution is -0.231. The fraction of sp³-hybridized carbons (Fsp3) is 0.941. The van der Waals surface area contributed by atoms with E-state index in [-0.39, 0.29) is 35.8 Å². The van der Waals surface area contributed by atoms with Crippen molar-refractivity contribution >= 4 is 18.3 Å². The highest BCUT2D eigenvalue weighted by molar-refractivity contribution is 5.89. The monoisotopic (exact) mass is 330 g/mol. The van der Waals surface area contributed by atoms with E-state index >= 15 is 0 Å². The third kappa shape index (κ3) is 2.38. The molecule has 2 aliphatic heterocycles. The maximum absolute atomic E-state index is 13.2. The predicted octanol–water partition coefficient (Wildman–Crippen LogP) is 2.45. The highest BCUT2D eigenvalue weighted by Crippen LogP contribution is 2.58. The number of ether oxygens (including phenoxy) is 1. The summed E-state index contributed by atoms with van der Waals surface area (Å²) in [5.74, 6) is 1.50. The van der Waals surface area contributed by atoms with Gasteiger partial charge in [-0.3, -0.25) is 4.79 Å². The summed E-state index contributed by atoms with van der Waals surface area (Å²) in [6.45, 7) is 11.2. The fourth-order valence-electron chi connectivity index (χ4n) is 5.10. The minimum atomic E-state index is -0.741. The van der Waals surface area contributed by atoms with Crippen LogP contribution in [0.3, 0.4) is 0 Å². The van der Waals surface area contributed by atoms with Gasteiger partial charge in [0.2, 0.25) is 5.91 Å². The first kappa shape index (κ1) is 18.0. The Morgan fingerprint density at radius 1 is 1.23 bits per heavy atom. The van der Waals surface area contributed by atoms with Crippen LogP contribution in [0.1, 0.15) is 47.0 Å². The van der Waals surface area contributed by atoms with Gasteiger partial charge in [-0.05, 0) is 31.1 Å². The number of carbonyl (C=O) groups is 1. The number of likely N-dealkylation sites (tertiary alicyclic amines) is 1. The quantitative estimate of drug-likeness (QED) is 0.803. The maximum Gasteiger partial charge on any atom is 0.243 e. The zero-order chi connectivity index (χ0) is 15.4. The molecule has 0 aromatic heterocycles. The number of carbonyl (C=O) groups excluding carboxylic acids is 1. The van der Waals surface area contributed by atoms with Gasteiger partial charge in [0, 0.05) is 31.0 Å². The Bertz CT molecular complexity index is 432. The number of piperidine rings is 1. The van der Waals surface area contributed by atoms with Crippen LogP contribution in [0.5, 0.6) is 0 Å². The van der Waals surface area contributed by atoms with Crippen molar-refractivity contribution in [3.8, 4) is 0 Å². The molecular formula is C17H31ClN2O2. The standard InChI is InChI=1S/C17H30N2O2.ClH/c1-11-8-12(2)10-19(9-11)15(20)17(18)13-6-5-7-21-14(13)16(17,3)4;/h11-14H,5-10,18H2,1-4H3;1H. The molecule has 3 aliphatic rings. The number of amides is 1. The third-order valence-corrected chi connectivity index (χ3v) is 6.19. The molecule has 1 aliphatic carbocycles. The van der Waals surface area contributed by atoms with Gasteiger partial charge >= 0.3 is 0 Å². The van der Waals surface area contributed by atoms with Crippen LogP contribution in [0.2, 0.25) is 0 Å². The van der Waals surface area contributed by atoms with E-state index in [1.807, 2.05) is 4.90 Å². The number of hydrogen-bond donors (Lipinski definition) is 1. The Kier molecular flexibility index (Phi) is 4.88. The molecule has 5 heteroatoms. The van der Waals surface area contributed by atoms with E-state index in [0.717, 1.165) is 32.5 Å². The normalized spacial score (nSPS) is 43.6. The molecule has 5 unspecified atom stereocenters. The van der Waals surface area contributed by atoms with E-state index < -0.39 is 5.54 Å². The Labute approximate surface area is 140 Å². The summed E-state index contributed by atoms with van der Waals surface area (Å²) in [6, 6.07) is 0. The Hall–Kier alpha value is -0.320. The van der Waals surface area contributed by atoms with Crippen LogP contribution in [-0.4, -0.2) is 42.1 Å². The minimum Gasteiger partial charge on any atom is -0.377 e. The predicted molar refractivity (Wildman–Crippen MR) is 89.9 cm³/mol. The van der Waals surface area contributed by atoms with Gasteiger partial charge in [0.05, 0.1) is 6.10 Å². The third-order valence-electron chi connectivity index (χ3n) is 6.19. The van der Waals surface area contributed by atoms with Crippen LogP contribution in [0, 0.1) is 23.2 Å². The van der Waals surface area contributed by atoms with Gasteiger partial charge in [-0.25, -0.2) is 0 Å². The smallest absolute Gasteiger partial charge is 0.243 e. The molecule has 2 heterocycles. The summed E-state index contributed by atoms with van der Waals surface area (Å²) < 4.78 is 5.92. The summed E-state index contributed by atoms with van der Waals surface area (Å²) in [4.78, 5) is 15.2. The van der Waals surface area contributed by atoms with Crippen LogP contribution in [0.25, 0.3) is 0 Å². The first-order valence-electron chi connectivity index (χ1n) is 8.48. The van der Waals surface area contributed by atoms with E-state index in [0.29, 0.717) is 11.8 Å². The van der Waals surface area contributed by atoms with E-state index in [2.05, 4.69) is 27.7 Å². The molecule has 0 bridgehead atoms. The number of halogens is 1. The molecule has 0 aromatic carbocycles. The second-order valence-corrected chi connectivity index (χ2v) is 8.29. The molecular weight excluding hydrogens is 300 g/mol. The van der Waals surface area contributed by atoms with Crippen molar-refractivity contribution in [3.05, 3.63) is 0 Å². The van der Waals surface area contributed by atoms with Gasteiger partial charge in [-0.15, -0.1) is 12.4 Å². The zero-order valence-electron chi connectivity index (χ0n) is 14.3. The molecule has 5 atom stereocenters. The minimum absolute atomic E-state index is 0. The van der Waals surface area contributed by atoms with E-state index in [9.17, 15) is 4.79 Å². The average Bonchev–Trinajstić information content (AvgIpc) is 2.44. The second-order valence-electron chi connectivity index (χ2n) is 8.29. The molecule has 22 heavy (non-hydrogen) atoms. The first-order chi connectivity index (χ1) is 9.78. The van der Waals surface area contributed by atoms with E-state index in [4.69, 9.17) is 10.5 Å². The summed E-state index contributed by atoms with van der Waals surface area (Å²) in [5.41, 5.74) is 5.72. The molecule has 0 spiro atoms. The van der Waals surface area contributed by atoms with Gasteiger partial charge in [0.15, 0.2) is 0 Å². The molecule has 2 N–H and O–H groups in total. The van der Waals surface area contributed by atoms with Crippen LogP contribution in [-0.2, 0) is 9.53 Å². The highest BCUT2D eigenvalue weighted by Gasteiger charge is 2.70. The Morgan fingerprint density at radius 2 is 1.82 bits per heavy atom. The SMILES string of the molecule is CC1CC(C)CN(C(=O)C2(N)C3CCCOC3C2(C)C)C1.Cl. The van der Waals surface area contributed by atoms with E-state index in [1.165, 1.54) is 6.42 Å². The lowest BCUT2D eigenvalue weighted by Crippen LogP contribution is -2.82. The molecule has 3 rings (SSSR count). The first-order valence-corrected chi connectivity index (χ1v) is 8.48. The van der Waals surface area contributed by atoms with Crippen molar-refractivity contribution < 1.29 is 9.53 Å². The summed E-state index contributed by atoms with van der Waals surface area (Å²) in [5, 5.41) is 0. The lowest BCUT2D eigenvalue weighted by Gasteiger charge is -2.66. The number of fused-ring (bicyclic) bond motifs is 1. The van der Waals surface area contributed by atoms with Gasteiger partial charge in [0.25, 0.3) is 0 Å². The number of nitrogens with two attached hydrogens (primary N) is 1. The second kappa shape index (κ2) is 5.95. The lowest BCUT2D eigenvalue weighted by atomic mass is 9.46. The molecule has 2 saturated heterocycles. The van der Waals surface area contributed by atoms with Crippen LogP contribution < -0.4 is 5.73 Å². The van der Waals surface area contributed by atoms with E-state index in [1.54, 1.807) is 0 Å². The topological polar surface area (TPSA) is 55.6 Å². The van der Waals surface area contributed by atoms with Crippen molar-refractivity contribution in [2.24, 2.45) is 28.9 Å². The largest absolute Gasteiger partial charge is 0.377 e. The van der Waals surface area contributed by atoms with Gasteiger partial charge in [-0.2, -0.15) is 0 Å². The van der Waals surface area contributed by atoms with Crippen molar-refractivity contribution in [2.45, 2.75) is 58.6 Å². The Morgan fingerprint density at radius 3 is 2.41 bits per heavy atom. The maximum atomic E-state index is 13.2. The van der Waals surface area contributed by atoms with Crippen LogP contribution in [0.15, 0.2) is 0 Å². The van der Waals surface area contributed by atoms with Crippen LogP contribution in [0.4, 0.5) is 0 Å². The highest BCUT2D eigenvalue weighted by atomic mass is 35.5. The van der Waals surface area contributed by atoms with Gasteiger partial charge in [0.1, 0.15) is 5.54 Å². The molecule has 1 amide bonds. The van der Waals surface area contributed by atoms with Crippen molar-refractivity contribution in [1.29, 1.82) is 0 Å². The zero-order valence-corrected chi connectivity index (χ0v) is 15.1.